The van der Waals surface area contributed by atoms with E-state index in [1.807, 2.05) is 32.2 Å². The average molecular weight is 236 g/mol. The second-order valence-corrected chi connectivity index (χ2v) is 4.38. The minimum absolute atomic E-state index is 0.317. The third-order valence-corrected chi connectivity index (χ3v) is 2.96. The highest BCUT2D eigenvalue weighted by atomic mass is 16.5. The highest BCUT2D eigenvalue weighted by molar-refractivity contribution is 5.20. The second-order valence-electron chi connectivity index (χ2n) is 4.38. The molecule has 4 heteroatoms. The van der Waals surface area contributed by atoms with E-state index in [2.05, 4.69) is 10.3 Å². The van der Waals surface area contributed by atoms with Crippen molar-refractivity contribution in [2.45, 2.75) is 25.9 Å². The van der Waals surface area contributed by atoms with Gasteiger partial charge in [0.25, 0.3) is 0 Å². The standard InChI is InChI=1S/C13H20N2O2/c1-3-16-12-5-4-6-13(15-12)17-11-7-10(8-11)9-14-2/h4-6,10-11,14H,3,7-9H2,1-2H3. The van der Waals surface area contributed by atoms with Crippen molar-refractivity contribution in [3.8, 4) is 11.8 Å². The Labute approximate surface area is 102 Å². The van der Waals surface area contributed by atoms with E-state index in [4.69, 9.17) is 9.47 Å². The predicted octanol–water partition coefficient (Wildman–Crippen LogP) is 1.86. The van der Waals surface area contributed by atoms with Gasteiger partial charge in [0, 0.05) is 12.1 Å². The summed E-state index contributed by atoms with van der Waals surface area (Å²) in [6.07, 6.45) is 2.54. The van der Waals surface area contributed by atoms with Gasteiger partial charge in [-0.05, 0) is 39.3 Å². The Morgan fingerprint density at radius 2 is 2.12 bits per heavy atom. The fraction of sp³-hybridized carbons (Fsp3) is 0.615. The van der Waals surface area contributed by atoms with Crippen LogP contribution in [0.3, 0.4) is 0 Å². The van der Waals surface area contributed by atoms with E-state index >= 15 is 0 Å². The molecule has 0 radical (unpaired) electrons. The van der Waals surface area contributed by atoms with E-state index in [0.717, 1.165) is 25.3 Å². The van der Waals surface area contributed by atoms with Gasteiger partial charge in [-0.3, -0.25) is 0 Å². The molecule has 0 aliphatic heterocycles. The number of aromatic nitrogens is 1. The van der Waals surface area contributed by atoms with Gasteiger partial charge >= 0.3 is 0 Å². The zero-order valence-electron chi connectivity index (χ0n) is 10.5. The maximum atomic E-state index is 5.79. The van der Waals surface area contributed by atoms with Gasteiger partial charge in [-0.1, -0.05) is 6.07 Å². The first-order valence-corrected chi connectivity index (χ1v) is 6.23. The third-order valence-electron chi connectivity index (χ3n) is 2.96. The van der Waals surface area contributed by atoms with Crippen molar-refractivity contribution in [1.29, 1.82) is 0 Å². The summed E-state index contributed by atoms with van der Waals surface area (Å²) < 4.78 is 11.1. The molecule has 2 rings (SSSR count). The maximum Gasteiger partial charge on any atom is 0.216 e. The van der Waals surface area contributed by atoms with Gasteiger partial charge in [-0.2, -0.15) is 4.98 Å². The molecule has 0 saturated heterocycles. The minimum Gasteiger partial charge on any atom is -0.478 e. The first-order valence-electron chi connectivity index (χ1n) is 6.23. The summed E-state index contributed by atoms with van der Waals surface area (Å²) in [7, 11) is 1.99. The molecule has 1 heterocycles. The molecule has 0 amide bonds. The van der Waals surface area contributed by atoms with Gasteiger partial charge in [0.05, 0.1) is 6.61 Å². The van der Waals surface area contributed by atoms with Gasteiger partial charge < -0.3 is 14.8 Å². The SMILES string of the molecule is CCOc1cccc(OC2CC(CNC)C2)n1. The number of nitrogens with zero attached hydrogens (tertiary/aromatic N) is 1. The predicted molar refractivity (Wildman–Crippen MR) is 66.5 cm³/mol. The number of pyridine rings is 1. The van der Waals surface area contributed by atoms with Crippen LogP contribution in [0.4, 0.5) is 0 Å². The molecule has 1 fully saturated rings. The van der Waals surface area contributed by atoms with Crippen molar-refractivity contribution in [2.75, 3.05) is 20.2 Å². The smallest absolute Gasteiger partial charge is 0.216 e. The summed E-state index contributed by atoms with van der Waals surface area (Å²) >= 11 is 0. The van der Waals surface area contributed by atoms with Crippen LogP contribution in [-0.2, 0) is 0 Å². The van der Waals surface area contributed by atoms with E-state index in [1.54, 1.807) is 0 Å². The molecule has 4 nitrogen and oxygen atoms in total. The first kappa shape index (κ1) is 12.2. The van der Waals surface area contributed by atoms with Crippen LogP contribution in [0.25, 0.3) is 0 Å². The van der Waals surface area contributed by atoms with Gasteiger partial charge in [0.1, 0.15) is 6.10 Å². The number of hydrogen-bond acceptors (Lipinski definition) is 4. The zero-order valence-corrected chi connectivity index (χ0v) is 10.5. The van der Waals surface area contributed by atoms with E-state index in [9.17, 15) is 0 Å². The quantitative estimate of drug-likeness (QED) is 0.818. The lowest BCUT2D eigenvalue weighted by Crippen LogP contribution is -2.38. The molecule has 0 unspecified atom stereocenters. The van der Waals surface area contributed by atoms with Crippen molar-refractivity contribution >= 4 is 0 Å². The minimum atomic E-state index is 0.317. The molecule has 0 aromatic carbocycles. The Morgan fingerprint density at radius 1 is 1.35 bits per heavy atom. The molecule has 0 atom stereocenters. The van der Waals surface area contributed by atoms with Crippen LogP contribution < -0.4 is 14.8 Å². The lowest BCUT2D eigenvalue weighted by atomic mass is 9.82. The summed E-state index contributed by atoms with van der Waals surface area (Å²) in [4.78, 5) is 4.30. The molecule has 0 spiro atoms. The van der Waals surface area contributed by atoms with E-state index in [-0.39, 0.29) is 0 Å². The topological polar surface area (TPSA) is 43.4 Å². The van der Waals surface area contributed by atoms with Crippen molar-refractivity contribution in [3.63, 3.8) is 0 Å². The molecule has 1 aromatic rings. The normalized spacial score (nSPS) is 22.9. The number of ether oxygens (including phenoxy) is 2. The van der Waals surface area contributed by atoms with E-state index in [1.165, 1.54) is 0 Å². The lowest BCUT2D eigenvalue weighted by molar-refractivity contribution is 0.0610. The largest absolute Gasteiger partial charge is 0.478 e. The molecule has 1 aliphatic carbocycles. The summed E-state index contributed by atoms with van der Waals surface area (Å²) in [5.41, 5.74) is 0. The Hall–Kier alpha value is -1.29. The molecule has 1 aromatic heterocycles. The molecule has 1 N–H and O–H groups in total. The maximum absolute atomic E-state index is 5.79. The Balaban J connectivity index is 1.81. The van der Waals surface area contributed by atoms with Gasteiger partial charge in [0.15, 0.2) is 0 Å². The molecule has 1 saturated carbocycles. The molecule has 1 aliphatic rings. The van der Waals surface area contributed by atoms with Crippen molar-refractivity contribution in [2.24, 2.45) is 5.92 Å². The summed E-state index contributed by atoms with van der Waals surface area (Å²) in [5.74, 6) is 2.06. The van der Waals surface area contributed by atoms with E-state index < -0.39 is 0 Å². The van der Waals surface area contributed by atoms with E-state index in [0.29, 0.717) is 24.5 Å². The molecule has 17 heavy (non-hydrogen) atoms. The third kappa shape index (κ3) is 3.33. The lowest BCUT2D eigenvalue weighted by Gasteiger charge is -2.34. The van der Waals surface area contributed by atoms with Crippen LogP contribution in [0.15, 0.2) is 18.2 Å². The van der Waals surface area contributed by atoms with Crippen LogP contribution in [-0.4, -0.2) is 31.3 Å². The van der Waals surface area contributed by atoms with Crippen LogP contribution in [0.5, 0.6) is 11.8 Å². The van der Waals surface area contributed by atoms with Crippen molar-refractivity contribution < 1.29 is 9.47 Å². The van der Waals surface area contributed by atoms with Gasteiger partial charge in [-0.15, -0.1) is 0 Å². The Morgan fingerprint density at radius 3 is 2.82 bits per heavy atom. The van der Waals surface area contributed by atoms with Gasteiger partial charge in [-0.25, -0.2) is 0 Å². The summed E-state index contributed by atoms with van der Waals surface area (Å²) in [5, 5.41) is 3.19. The van der Waals surface area contributed by atoms with Crippen LogP contribution in [0, 0.1) is 5.92 Å². The number of nitrogens with one attached hydrogen (secondary N) is 1. The van der Waals surface area contributed by atoms with Gasteiger partial charge in [0.2, 0.25) is 11.8 Å². The van der Waals surface area contributed by atoms with Crippen molar-refractivity contribution in [3.05, 3.63) is 18.2 Å². The second kappa shape index (κ2) is 5.87. The average Bonchev–Trinajstić information content (AvgIpc) is 2.27. The fourth-order valence-electron chi connectivity index (χ4n) is 2.09. The summed E-state index contributed by atoms with van der Waals surface area (Å²) in [6.45, 7) is 3.65. The molecular formula is C13H20N2O2. The molecular weight excluding hydrogens is 216 g/mol. The van der Waals surface area contributed by atoms with Crippen LogP contribution >= 0.6 is 0 Å². The highest BCUT2D eigenvalue weighted by Crippen LogP contribution is 2.30. The summed E-state index contributed by atoms with van der Waals surface area (Å²) in [6, 6.07) is 5.64. The number of rotatable bonds is 6. The monoisotopic (exact) mass is 236 g/mol. The first-order chi connectivity index (χ1) is 8.31. The molecule has 0 bridgehead atoms. The fourth-order valence-corrected chi connectivity index (χ4v) is 2.09. The number of hydrogen-bond donors (Lipinski definition) is 1. The van der Waals surface area contributed by atoms with Crippen molar-refractivity contribution in [1.82, 2.24) is 10.3 Å². The van der Waals surface area contributed by atoms with Crippen LogP contribution in [0.2, 0.25) is 0 Å². The van der Waals surface area contributed by atoms with Crippen LogP contribution in [0.1, 0.15) is 19.8 Å². The molecule has 94 valence electrons. The Bertz CT molecular complexity index is 351. The zero-order chi connectivity index (χ0) is 12.1. The highest BCUT2D eigenvalue weighted by Gasteiger charge is 2.30. The Kier molecular flexibility index (Phi) is 4.20.